The lowest BCUT2D eigenvalue weighted by atomic mass is 9.99. The Bertz CT molecular complexity index is 850. The summed E-state index contributed by atoms with van der Waals surface area (Å²) in [7, 11) is 0. The number of benzene rings is 2. The molecule has 0 saturated carbocycles. The van der Waals surface area contributed by atoms with Crippen LogP contribution in [0.3, 0.4) is 0 Å². The summed E-state index contributed by atoms with van der Waals surface area (Å²) >= 11 is 6.09. The average Bonchev–Trinajstić information content (AvgIpc) is 3.07. The lowest BCUT2D eigenvalue weighted by Crippen LogP contribution is -2.44. The molecule has 0 amide bonds. The molecule has 0 N–H and O–H groups in total. The lowest BCUT2D eigenvalue weighted by Gasteiger charge is -2.40. The van der Waals surface area contributed by atoms with Gasteiger partial charge in [0.15, 0.2) is 0 Å². The largest absolute Gasteiger partial charge is 0.344 e. The van der Waals surface area contributed by atoms with Crippen molar-refractivity contribution in [3.8, 4) is 0 Å². The fourth-order valence-corrected chi connectivity index (χ4v) is 3.39. The highest BCUT2D eigenvalue weighted by atomic mass is 35.5. The molecule has 0 spiro atoms. The lowest BCUT2D eigenvalue weighted by molar-refractivity contribution is -0.306. The molecule has 2 heterocycles. The van der Waals surface area contributed by atoms with Crippen molar-refractivity contribution in [2.75, 3.05) is 6.61 Å². The maximum absolute atomic E-state index is 6.31. The Balaban J connectivity index is 1.79. The molecular formula is C19H19ClN2O2. The molecule has 5 heteroatoms. The van der Waals surface area contributed by atoms with Crippen LogP contribution in [0.4, 0.5) is 0 Å². The molecule has 3 aromatic rings. The van der Waals surface area contributed by atoms with E-state index in [0.717, 1.165) is 27.8 Å². The Morgan fingerprint density at radius 2 is 2.08 bits per heavy atom. The van der Waals surface area contributed by atoms with Crippen LogP contribution in [-0.4, -0.2) is 22.3 Å². The second-order valence-corrected chi connectivity index (χ2v) is 6.70. The molecule has 2 atom stereocenters. The summed E-state index contributed by atoms with van der Waals surface area (Å²) < 4.78 is 14.5. The van der Waals surface area contributed by atoms with Gasteiger partial charge in [-0.25, -0.2) is 4.98 Å². The maximum atomic E-state index is 6.31. The van der Waals surface area contributed by atoms with E-state index in [0.29, 0.717) is 13.2 Å². The smallest absolute Gasteiger partial charge is 0.213 e. The highest BCUT2D eigenvalue weighted by Crippen LogP contribution is 2.36. The van der Waals surface area contributed by atoms with Crippen LogP contribution in [0.25, 0.3) is 10.8 Å². The van der Waals surface area contributed by atoms with Crippen molar-refractivity contribution in [2.45, 2.75) is 31.8 Å². The van der Waals surface area contributed by atoms with Gasteiger partial charge in [0.25, 0.3) is 0 Å². The third-order valence-corrected chi connectivity index (χ3v) is 4.68. The molecule has 1 aliphatic heterocycles. The van der Waals surface area contributed by atoms with Crippen LogP contribution in [0, 0.1) is 0 Å². The topological polar surface area (TPSA) is 36.3 Å². The number of aromatic nitrogens is 2. The van der Waals surface area contributed by atoms with Gasteiger partial charge in [0.1, 0.15) is 0 Å². The Morgan fingerprint density at radius 3 is 2.88 bits per heavy atom. The molecule has 2 aromatic carbocycles. The molecule has 4 nitrogen and oxygen atoms in total. The number of rotatable bonds is 3. The molecule has 0 bridgehead atoms. The van der Waals surface area contributed by atoms with Crippen LogP contribution in [0.15, 0.2) is 55.1 Å². The van der Waals surface area contributed by atoms with Gasteiger partial charge in [0.2, 0.25) is 5.79 Å². The van der Waals surface area contributed by atoms with Crippen LogP contribution < -0.4 is 0 Å². The van der Waals surface area contributed by atoms with Crippen LogP contribution in [0.2, 0.25) is 5.02 Å². The average molecular weight is 343 g/mol. The summed E-state index contributed by atoms with van der Waals surface area (Å²) in [4.78, 5) is 4.13. The fourth-order valence-electron chi connectivity index (χ4n) is 3.21. The second-order valence-electron chi connectivity index (χ2n) is 6.26. The van der Waals surface area contributed by atoms with E-state index in [1.807, 2.05) is 29.0 Å². The summed E-state index contributed by atoms with van der Waals surface area (Å²) in [6, 6.07) is 12.2. The van der Waals surface area contributed by atoms with Crippen molar-refractivity contribution in [3.63, 3.8) is 0 Å². The van der Waals surface area contributed by atoms with Gasteiger partial charge in [-0.3, -0.25) is 0 Å². The van der Waals surface area contributed by atoms with Crippen LogP contribution in [-0.2, 0) is 21.8 Å². The van der Waals surface area contributed by atoms with E-state index in [2.05, 4.69) is 30.1 Å². The zero-order valence-electron chi connectivity index (χ0n) is 13.5. The highest BCUT2D eigenvalue weighted by molar-refractivity contribution is 6.31. The minimum Gasteiger partial charge on any atom is -0.344 e. The van der Waals surface area contributed by atoms with Gasteiger partial charge in [-0.15, -0.1) is 0 Å². The normalized spacial score (nSPS) is 24.3. The van der Waals surface area contributed by atoms with Crippen molar-refractivity contribution in [2.24, 2.45) is 0 Å². The van der Waals surface area contributed by atoms with Gasteiger partial charge < -0.3 is 14.0 Å². The number of hydrogen-bond donors (Lipinski definition) is 0. The van der Waals surface area contributed by atoms with Crippen LogP contribution in [0.5, 0.6) is 0 Å². The van der Waals surface area contributed by atoms with Crippen LogP contribution >= 0.6 is 11.6 Å². The summed E-state index contributed by atoms with van der Waals surface area (Å²) in [6.07, 6.45) is 6.52. The van der Waals surface area contributed by atoms with Crippen LogP contribution in [0.1, 0.15) is 18.9 Å². The van der Waals surface area contributed by atoms with Gasteiger partial charge in [0.05, 0.1) is 25.6 Å². The molecule has 4 rings (SSSR count). The van der Waals surface area contributed by atoms with Crippen molar-refractivity contribution in [3.05, 3.63) is 65.7 Å². The summed E-state index contributed by atoms with van der Waals surface area (Å²) in [5, 5.41) is 2.96. The van der Waals surface area contributed by atoms with E-state index < -0.39 is 5.79 Å². The molecule has 124 valence electrons. The molecule has 0 aliphatic carbocycles. The Morgan fingerprint density at radius 1 is 1.25 bits per heavy atom. The maximum Gasteiger partial charge on any atom is 0.213 e. The van der Waals surface area contributed by atoms with E-state index in [4.69, 9.17) is 21.1 Å². The molecule has 2 unspecified atom stereocenters. The van der Waals surface area contributed by atoms with Crippen molar-refractivity contribution in [1.82, 2.24) is 9.55 Å². The second kappa shape index (κ2) is 6.20. The number of nitrogens with zero attached hydrogens (tertiary/aromatic N) is 2. The first-order valence-electron chi connectivity index (χ1n) is 8.12. The Labute approximate surface area is 146 Å². The predicted octanol–water partition coefficient (Wildman–Crippen LogP) is 4.37. The van der Waals surface area contributed by atoms with Gasteiger partial charge in [-0.1, -0.05) is 29.8 Å². The third-order valence-electron chi connectivity index (χ3n) is 4.44. The zero-order valence-corrected chi connectivity index (χ0v) is 14.2. The highest BCUT2D eigenvalue weighted by Gasteiger charge is 2.39. The SMILES string of the molecule is CC1CCOC(Cn2ccnc2)(c2ccc3cc(Cl)ccc3c2)O1. The Kier molecular flexibility index (Phi) is 4.04. The predicted molar refractivity (Wildman–Crippen MR) is 94.0 cm³/mol. The first-order chi connectivity index (χ1) is 11.6. The first kappa shape index (κ1) is 15.6. The van der Waals surface area contributed by atoms with Gasteiger partial charge >= 0.3 is 0 Å². The van der Waals surface area contributed by atoms with E-state index in [9.17, 15) is 0 Å². The van der Waals surface area contributed by atoms with Gasteiger partial charge in [-0.2, -0.15) is 0 Å². The number of halogens is 1. The van der Waals surface area contributed by atoms with Crippen molar-refractivity contribution < 1.29 is 9.47 Å². The monoisotopic (exact) mass is 342 g/mol. The summed E-state index contributed by atoms with van der Waals surface area (Å²) in [5.41, 5.74) is 1.01. The minimum absolute atomic E-state index is 0.142. The van der Waals surface area contributed by atoms with E-state index in [-0.39, 0.29) is 6.10 Å². The summed E-state index contributed by atoms with van der Waals surface area (Å²) in [5.74, 6) is -0.799. The molecule has 1 aromatic heterocycles. The summed E-state index contributed by atoms with van der Waals surface area (Å²) in [6.45, 7) is 3.33. The van der Waals surface area contributed by atoms with Gasteiger partial charge in [0, 0.05) is 23.0 Å². The number of fused-ring (bicyclic) bond motifs is 1. The molecule has 0 radical (unpaired) electrons. The number of imidazole rings is 1. The quantitative estimate of drug-likeness (QED) is 0.709. The number of hydrogen-bond acceptors (Lipinski definition) is 3. The molecule has 1 fully saturated rings. The zero-order chi connectivity index (χ0) is 16.6. The standard InChI is InChI=1S/C19H19ClN2O2/c1-14-6-9-23-19(24-14,12-22-8-7-21-13-22)17-4-2-16-11-18(20)5-3-15(16)10-17/h2-5,7-8,10-11,13-14H,6,9,12H2,1H3. The van der Waals surface area contributed by atoms with E-state index in [1.165, 1.54) is 0 Å². The molecule has 1 saturated heterocycles. The molecular weight excluding hydrogens is 324 g/mol. The fraction of sp³-hybridized carbons (Fsp3) is 0.316. The molecule has 1 aliphatic rings. The van der Waals surface area contributed by atoms with Crippen molar-refractivity contribution >= 4 is 22.4 Å². The van der Waals surface area contributed by atoms with E-state index >= 15 is 0 Å². The number of ether oxygens (including phenoxy) is 2. The Hall–Kier alpha value is -1.88. The third kappa shape index (κ3) is 2.93. The van der Waals surface area contributed by atoms with Gasteiger partial charge in [-0.05, 0) is 42.3 Å². The van der Waals surface area contributed by atoms with E-state index in [1.54, 1.807) is 12.5 Å². The minimum atomic E-state index is -0.799. The van der Waals surface area contributed by atoms with Crippen molar-refractivity contribution in [1.29, 1.82) is 0 Å². The first-order valence-corrected chi connectivity index (χ1v) is 8.50. The molecule has 24 heavy (non-hydrogen) atoms.